The smallest absolute Gasteiger partial charge is 0.0215 e. The summed E-state index contributed by atoms with van der Waals surface area (Å²) < 4.78 is 0. The van der Waals surface area contributed by atoms with Crippen molar-refractivity contribution in [2.24, 2.45) is 0 Å². The number of hydrogen-bond acceptors (Lipinski definition) is 0. The molecule has 0 amide bonds. The van der Waals surface area contributed by atoms with Crippen molar-refractivity contribution in [3.63, 3.8) is 0 Å². The lowest BCUT2D eigenvalue weighted by atomic mass is 9.70. The molecule has 0 N–H and O–H groups in total. The summed E-state index contributed by atoms with van der Waals surface area (Å²) in [7, 11) is 0. The largest absolute Gasteiger partial charge is 0.0654 e. The minimum atomic E-state index is 0.240. The van der Waals surface area contributed by atoms with E-state index in [4.69, 9.17) is 0 Å². The van der Waals surface area contributed by atoms with E-state index in [1.54, 1.807) is 11.1 Å². The van der Waals surface area contributed by atoms with E-state index >= 15 is 0 Å². The zero-order valence-electron chi connectivity index (χ0n) is 17.2. The van der Waals surface area contributed by atoms with Crippen molar-refractivity contribution < 1.29 is 0 Å². The van der Waals surface area contributed by atoms with E-state index in [9.17, 15) is 0 Å². The molecule has 0 spiro atoms. The Morgan fingerprint density at radius 3 is 1.52 bits per heavy atom. The second-order valence-electron chi connectivity index (χ2n) is 8.65. The lowest BCUT2D eigenvalue weighted by Gasteiger charge is -2.33. The van der Waals surface area contributed by atoms with Crippen molar-refractivity contribution in [2.45, 2.75) is 83.5 Å². The van der Waals surface area contributed by atoms with E-state index in [1.807, 2.05) is 0 Å². The number of hydrogen-bond donors (Lipinski definition) is 0. The molecule has 4 bridgehead atoms. The van der Waals surface area contributed by atoms with Gasteiger partial charge in [-0.3, -0.25) is 0 Å². The van der Waals surface area contributed by atoms with E-state index in [0.29, 0.717) is 0 Å². The summed E-state index contributed by atoms with van der Waals surface area (Å²) in [6.45, 7) is 4.63. The van der Waals surface area contributed by atoms with Gasteiger partial charge in [0.2, 0.25) is 0 Å². The SMILES string of the molecule is CCCCCCC1(CCCCCC)c2cc3ccc2-c2ccc(cc21)C=C3. The van der Waals surface area contributed by atoms with Gasteiger partial charge in [0, 0.05) is 5.41 Å². The molecule has 2 aromatic carbocycles. The Balaban J connectivity index is 1.77. The van der Waals surface area contributed by atoms with Crippen LogP contribution in [0.1, 0.15) is 100 Å². The zero-order valence-corrected chi connectivity index (χ0v) is 17.2. The van der Waals surface area contributed by atoms with Gasteiger partial charge in [0.1, 0.15) is 0 Å². The molecule has 0 heteroatoms. The number of rotatable bonds is 10. The third kappa shape index (κ3) is 3.40. The molecular weight excluding hydrogens is 324 g/mol. The first-order valence-electron chi connectivity index (χ1n) is 11.3. The maximum atomic E-state index is 2.51. The molecule has 0 saturated carbocycles. The minimum absolute atomic E-state index is 0.240. The first-order chi connectivity index (χ1) is 13.3. The fourth-order valence-corrected chi connectivity index (χ4v) is 5.30. The van der Waals surface area contributed by atoms with Crippen LogP contribution in [0.4, 0.5) is 0 Å². The fourth-order valence-electron chi connectivity index (χ4n) is 5.30. The summed E-state index contributed by atoms with van der Waals surface area (Å²) in [6.07, 6.45) is 18.0. The molecular formula is C27H34. The van der Waals surface area contributed by atoms with Crippen molar-refractivity contribution in [3.8, 4) is 11.1 Å². The molecule has 0 nitrogen and oxygen atoms in total. The number of unbranched alkanes of at least 4 members (excludes halogenated alkanes) is 6. The Morgan fingerprint density at radius 2 is 1.07 bits per heavy atom. The van der Waals surface area contributed by atoms with E-state index < -0.39 is 0 Å². The predicted molar refractivity (Wildman–Crippen MR) is 119 cm³/mol. The molecule has 2 aromatic rings. The molecule has 0 aromatic heterocycles. The van der Waals surface area contributed by atoms with Crippen LogP contribution >= 0.6 is 0 Å². The quantitative estimate of drug-likeness (QED) is 0.319. The second-order valence-corrected chi connectivity index (χ2v) is 8.65. The van der Waals surface area contributed by atoms with Crippen molar-refractivity contribution in [3.05, 3.63) is 58.7 Å². The van der Waals surface area contributed by atoms with Crippen LogP contribution in [0, 0.1) is 0 Å². The molecule has 0 saturated heterocycles. The lowest BCUT2D eigenvalue weighted by molar-refractivity contribution is 0.401. The average molecular weight is 359 g/mol. The standard InChI is InChI=1S/C27H34/c1-3-5-7-9-17-27(18-10-8-6-4-2)25-19-21-11-12-22-14-16-24(26(27)20-22)23(25)15-13-21/h11-16,19-20H,3-10,17-18H2,1-2H3. The Morgan fingerprint density at radius 1 is 0.593 bits per heavy atom. The molecule has 2 aliphatic carbocycles. The fraction of sp³-hybridized carbons (Fsp3) is 0.481. The Labute approximate surface area is 165 Å². The third-order valence-electron chi connectivity index (χ3n) is 6.79. The van der Waals surface area contributed by atoms with Crippen LogP contribution < -0.4 is 0 Å². The van der Waals surface area contributed by atoms with Gasteiger partial charge < -0.3 is 0 Å². The Bertz CT molecular complexity index is 754. The van der Waals surface area contributed by atoms with Crippen molar-refractivity contribution in [1.82, 2.24) is 0 Å². The van der Waals surface area contributed by atoms with Gasteiger partial charge in [-0.1, -0.05) is 114 Å². The minimum Gasteiger partial charge on any atom is -0.0654 e. The van der Waals surface area contributed by atoms with Crippen LogP contribution in [-0.4, -0.2) is 0 Å². The first kappa shape index (κ1) is 18.5. The molecule has 2 aliphatic rings. The van der Waals surface area contributed by atoms with Crippen LogP contribution in [0.5, 0.6) is 0 Å². The van der Waals surface area contributed by atoms with Gasteiger partial charge in [0.05, 0.1) is 0 Å². The van der Waals surface area contributed by atoms with Crippen molar-refractivity contribution >= 4 is 12.2 Å². The summed E-state index contributed by atoms with van der Waals surface area (Å²) in [4.78, 5) is 0. The Kier molecular flexibility index (Phi) is 5.53. The van der Waals surface area contributed by atoms with Gasteiger partial charge in [-0.25, -0.2) is 0 Å². The molecule has 0 aliphatic heterocycles. The van der Waals surface area contributed by atoms with Crippen molar-refractivity contribution in [2.75, 3.05) is 0 Å². The van der Waals surface area contributed by atoms with E-state index in [2.05, 4.69) is 62.4 Å². The highest BCUT2D eigenvalue weighted by molar-refractivity contribution is 5.86. The zero-order chi connectivity index (χ0) is 18.7. The van der Waals surface area contributed by atoms with Crippen LogP contribution in [0.3, 0.4) is 0 Å². The van der Waals surface area contributed by atoms with Gasteiger partial charge in [-0.05, 0) is 46.2 Å². The van der Waals surface area contributed by atoms with E-state index in [0.717, 1.165) is 0 Å². The van der Waals surface area contributed by atoms with E-state index in [-0.39, 0.29) is 5.41 Å². The second kappa shape index (κ2) is 8.05. The molecule has 27 heavy (non-hydrogen) atoms. The van der Waals surface area contributed by atoms with Gasteiger partial charge >= 0.3 is 0 Å². The summed E-state index contributed by atoms with van der Waals surface area (Å²) in [5, 5.41) is 0. The maximum absolute atomic E-state index is 2.51. The lowest BCUT2D eigenvalue weighted by Crippen LogP contribution is -2.25. The number of fused-ring (bicyclic) bond motifs is 3. The summed E-state index contributed by atoms with van der Waals surface area (Å²) >= 11 is 0. The summed E-state index contributed by atoms with van der Waals surface area (Å²) in [6, 6.07) is 14.4. The van der Waals surface area contributed by atoms with Gasteiger partial charge in [-0.2, -0.15) is 0 Å². The van der Waals surface area contributed by atoms with Gasteiger partial charge in [-0.15, -0.1) is 0 Å². The molecule has 142 valence electrons. The Hall–Kier alpha value is -1.82. The first-order valence-corrected chi connectivity index (χ1v) is 11.3. The van der Waals surface area contributed by atoms with Crippen LogP contribution in [0.2, 0.25) is 0 Å². The van der Waals surface area contributed by atoms with Crippen LogP contribution in [-0.2, 0) is 5.41 Å². The molecule has 0 heterocycles. The highest BCUT2D eigenvalue weighted by Crippen LogP contribution is 2.55. The molecule has 4 rings (SSSR count). The number of benzene rings is 2. The van der Waals surface area contributed by atoms with Crippen LogP contribution in [0.15, 0.2) is 36.4 Å². The molecule has 0 unspecified atom stereocenters. The summed E-state index contributed by atoms with van der Waals surface area (Å²) in [5.41, 5.74) is 9.21. The third-order valence-corrected chi connectivity index (χ3v) is 6.79. The average Bonchev–Trinajstić information content (AvgIpc) is 2.98. The van der Waals surface area contributed by atoms with Gasteiger partial charge in [0.25, 0.3) is 0 Å². The highest BCUT2D eigenvalue weighted by atomic mass is 14.4. The molecule has 0 radical (unpaired) electrons. The predicted octanol–water partition coefficient (Wildman–Crippen LogP) is 8.38. The topological polar surface area (TPSA) is 0 Å². The highest BCUT2D eigenvalue weighted by Gasteiger charge is 2.42. The maximum Gasteiger partial charge on any atom is 0.0215 e. The van der Waals surface area contributed by atoms with Gasteiger partial charge in [0.15, 0.2) is 0 Å². The van der Waals surface area contributed by atoms with Crippen LogP contribution in [0.25, 0.3) is 23.3 Å². The monoisotopic (exact) mass is 358 g/mol. The van der Waals surface area contributed by atoms with Crippen molar-refractivity contribution in [1.29, 1.82) is 0 Å². The summed E-state index contributed by atoms with van der Waals surface area (Å²) in [5.74, 6) is 0. The molecule has 0 atom stereocenters. The molecule has 0 fully saturated rings. The van der Waals surface area contributed by atoms with E-state index in [1.165, 1.54) is 86.5 Å². The normalized spacial score (nSPS) is 15.2.